The lowest BCUT2D eigenvalue weighted by Crippen LogP contribution is -1.94. The Labute approximate surface area is 138 Å². The highest BCUT2D eigenvalue weighted by atomic mass is 35.5. The van der Waals surface area contributed by atoms with Gasteiger partial charge in [0.1, 0.15) is 16.6 Å². The molecule has 3 nitrogen and oxygen atoms in total. The fourth-order valence-electron chi connectivity index (χ4n) is 2.05. The summed E-state index contributed by atoms with van der Waals surface area (Å²) in [5, 5.41) is 0.995. The van der Waals surface area contributed by atoms with Crippen molar-refractivity contribution in [3.63, 3.8) is 0 Å². The third kappa shape index (κ3) is 3.21. The summed E-state index contributed by atoms with van der Waals surface area (Å²) in [6.45, 7) is 1.92. The molecule has 0 bridgehead atoms. The van der Waals surface area contributed by atoms with E-state index in [9.17, 15) is 0 Å². The highest BCUT2D eigenvalue weighted by Gasteiger charge is 2.12. The van der Waals surface area contributed by atoms with E-state index in [4.69, 9.17) is 27.9 Å². The first-order valence-electron chi connectivity index (χ1n) is 6.65. The van der Waals surface area contributed by atoms with Gasteiger partial charge in [0.2, 0.25) is 0 Å². The maximum Gasteiger partial charge on any atom is 0.153 e. The third-order valence-electron chi connectivity index (χ3n) is 3.05. The van der Waals surface area contributed by atoms with E-state index in [0.29, 0.717) is 27.4 Å². The van der Waals surface area contributed by atoms with Crippen LogP contribution in [0.3, 0.4) is 0 Å². The third-order valence-corrected chi connectivity index (χ3v) is 3.59. The van der Waals surface area contributed by atoms with Crippen molar-refractivity contribution in [3.05, 3.63) is 70.6 Å². The molecule has 0 atom stereocenters. The van der Waals surface area contributed by atoms with Crippen LogP contribution in [0.5, 0.6) is 11.5 Å². The van der Waals surface area contributed by atoms with Crippen molar-refractivity contribution in [2.45, 2.75) is 6.92 Å². The van der Waals surface area contributed by atoms with Crippen LogP contribution < -0.4 is 4.74 Å². The Kier molecular flexibility index (Phi) is 4.27. The molecule has 5 heteroatoms. The van der Waals surface area contributed by atoms with Gasteiger partial charge in [0.15, 0.2) is 5.75 Å². The summed E-state index contributed by atoms with van der Waals surface area (Å²) in [6.07, 6.45) is 1.59. The molecule has 2 aromatic heterocycles. The van der Waals surface area contributed by atoms with Crippen molar-refractivity contribution in [1.82, 2.24) is 9.97 Å². The molecule has 1 aromatic carbocycles. The molecule has 110 valence electrons. The number of aromatic nitrogens is 2. The molecule has 0 unspecified atom stereocenters. The van der Waals surface area contributed by atoms with Gasteiger partial charge in [-0.25, -0.2) is 9.97 Å². The average molecular weight is 331 g/mol. The van der Waals surface area contributed by atoms with E-state index in [2.05, 4.69) is 9.97 Å². The first-order valence-corrected chi connectivity index (χ1v) is 7.41. The van der Waals surface area contributed by atoms with E-state index >= 15 is 0 Å². The Morgan fingerprint density at radius 1 is 1.00 bits per heavy atom. The number of nitrogens with zero attached hydrogens (tertiary/aromatic N) is 2. The Hall–Kier alpha value is -2.10. The summed E-state index contributed by atoms with van der Waals surface area (Å²) in [6, 6.07) is 14.7. The van der Waals surface area contributed by atoms with Crippen LogP contribution in [0.15, 0.2) is 54.7 Å². The summed E-state index contributed by atoms with van der Waals surface area (Å²) < 4.78 is 5.91. The number of hydrogen-bond acceptors (Lipinski definition) is 3. The van der Waals surface area contributed by atoms with Crippen LogP contribution in [0.2, 0.25) is 10.2 Å². The molecule has 0 spiro atoms. The lowest BCUT2D eigenvalue weighted by atomic mass is 10.1. The standard InChI is InChI=1S/C17H12Cl2N2O/c1-11-6-7-15(22-12-8-9-20-16(19)10-12)17(21-11)13-4-2-3-5-14(13)18/h2-10H,1H3. The SMILES string of the molecule is Cc1ccc(Oc2ccnc(Cl)c2)c(-c2ccccc2Cl)n1. The van der Waals surface area contributed by atoms with E-state index in [0.717, 1.165) is 11.3 Å². The molecule has 2 heterocycles. The molecule has 0 amide bonds. The van der Waals surface area contributed by atoms with E-state index in [1.54, 1.807) is 18.3 Å². The molecule has 0 saturated heterocycles. The van der Waals surface area contributed by atoms with Crippen LogP contribution >= 0.6 is 23.2 Å². The zero-order valence-corrected chi connectivity index (χ0v) is 13.3. The molecule has 0 fully saturated rings. The molecule has 0 aliphatic rings. The van der Waals surface area contributed by atoms with E-state index < -0.39 is 0 Å². The molecule has 22 heavy (non-hydrogen) atoms. The van der Waals surface area contributed by atoms with Gasteiger partial charge in [0, 0.05) is 23.5 Å². The van der Waals surface area contributed by atoms with Crippen LogP contribution in [0.1, 0.15) is 5.69 Å². The van der Waals surface area contributed by atoms with Crippen molar-refractivity contribution in [2.24, 2.45) is 0 Å². The van der Waals surface area contributed by atoms with Crippen molar-refractivity contribution >= 4 is 23.2 Å². The first-order chi connectivity index (χ1) is 10.6. The van der Waals surface area contributed by atoms with Gasteiger partial charge < -0.3 is 4.74 Å². The Balaban J connectivity index is 2.07. The molecule has 3 rings (SSSR count). The highest BCUT2D eigenvalue weighted by molar-refractivity contribution is 6.33. The van der Waals surface area contributed by atoms with Crippen LogP contribution in [0.25, 0.3) is 11.3 Å². The van der Waals surface area contributed by atoms with Crippen molar-refractivity contribution in [1.29, 1.82) is 0 Å². The summed E-state index contributed by atoms with van der Waals surface area (Å²) in [7, 11) is 0. The van der Waals surface area contributed by atoms with Gasteiger partial charge in [-0.3, -0.25) is 0 Å². The van der Waals surface area contributed by atoms with Crippen LogP contribution in [-0.2, 0) is 0 Å². The van der Waals surface area contributed by atoms with E-state index in [1.165, 1.54) is 0 Å². The minimum absolute atomic E-state index is 0.372. The van der Waals surface area contributed by atoms with Crippen LogP contribution in [-0.4, -0.2) is 9.97 Å². The first kappa shape index (κ1) is 14.8. The number of benzene rings is 1. The topological polar surface area (TPSA) is 35.0 Å². The van der Waals surface area contributed by atoms with Crippen molar-refractivity contribution in [2.75, 3.05) is 0 Å². The van der Waals surface area contributed by atoms with Gasteiger partial charge >= 0.3 is 0 Å². The molecular weight excluding hydrogens is 319 g/mol. The van der Waals surface area contributed by atoms with Gasteiger partial charge in [-0.05, 0) is 31.2 Å². The molecule has 3 aromatic rings. The molecule has 0 aliphatic heterocycles. The Morgan fingerprint density at radius 2 is 1.82 bits per heavy atom. The Bertz CT molecular complexity index is 821. The maximum absolute atomic E-state index is 6.28. The van der Waals surface area contributed by atoms with Gasteiger partial charge in [-0.1, -0.05) is 41.4 Å². The average Bonchev–Trinajstić information content (AvgIpc) is 2.50. The second-order valence-corrected chi connectivity index (χ2v) is 5.49. The predicted octanol–water partition coefficient (Wildman–Crippen LogP) is 5.55. The molecule has 0 N–H and O–H groups in total. The van der Waals surface area contributed by atoms with Crippen molar-refractivity contribution in [3.8, 4) is 22.8 Å². The zero-order valence-electron chi connectivity index (χ0n) is 11.8. The predicted molar refractivity (Wildman–Crippen MR) is 88.7 cm³/mol. The number of rotatable bonds is 3. The van der Waals surface area contributed by atoms with E-state index in [-0.39, 0.29) is 0 Å². The van der Waals surface area contributed by atoms with Gasteiger partial charge in [-0.2, -0.15) is 0 Å². The second-order valence-electron chi connectivity index (χ2n) is 4.70. The van der Waals surface area contributed by atoms with Crippen LogP contribution in [0.4, 0.5) is 0 Å². The quantitative estimate of drug-likeness (QED) is 0.590. The number of hydrogen-bond donors (Lipinski definition) is 0. The zero-order chi connectivity index (χ0) is 15.5. The molecule has 0 aliphatic carbocycles. The second kappa shape index (κ2) is 6.34. The lowest BCUT2D eigenvalue weighted by Gasteiger charge is -2.12. The summed E-state index contributed by atoms with van der Waals surface area (Å²) in [4.78, 5) is 8.50. The number of halogens is 2. The summed E-state index contributed by atoms with van der Waals surface area (Å²) in [5.41, 5.74) is 2.40. The minimum atomic E-state index is 0.372. The normalized spacial score (nSPS) is 10.5. The number of aryl methyl sites for hydroxylation is 1. The summed E-state index contributed by atoms with van der Waals surface area (Å²) >= 11 is 12.2. The molecule has 0 saturated carbocycles. The fraction of sp³-hybridized carbons (Fsp3) is 0.0588. The van der Waals surface area contributed by atoms with Gasteiger partial charge in [0.05, 0.1) is 5.02 Å². The molecule has 0 radical (unpaired) electrons. The lowest BCUT2D eigenvalue weighted by molar-refractivity contribution is 0.481. The largest absolute Gasteiger partial charge is 0.455 e. The van der Waals surface area contributed by atoms with Crippen molar-refractivity contribution < 1.29 is 4.74 Å². The highest BCUT2D eigenvalue weighted by Crippen LogP contribution is 2.35. The van der Waals surface area contributed by atoms with E-state index in [1.807, 2.05) is 43.3 Å². The summed E-state index contributed by atoms with van der Waals surface area (Å²) in [5.74, 6) is 1.21. The minimum Gasteiger partial charge on any atom is -0.455 e. The van der Waals surface area contributed by atoms with Gasteiger partial charge in [-0.15, -0.1) is 0 Å². The monoisotopic (exact) mass is 330 g/mol. The van der Waals surface area contributed by atoms with Crippen LogP contribution in [0, 0.1) is 6.92 Å². The Morgan fingerprint density at radius 3 is 2.59 bits per heavy atom. The number of pyridine rings is 2. The fourth-order valence-corrected chi connectivity index (χ4v) is 2.44. The van der Waals surface area contributed by atoms with Gasteiger partial charge in [0.25, 0.3) is 0 Å². The molecular formula is C17H12Cl2N2O. The smallest absolute Gasteiger partial charge is 0.153 e. The maximum atomic E-state index is 6.28. The number of ether oxygens (including phenoxy) is 1.